The van der Waals surface area contributed by atoms with Crippen molar-refractivity contribution in [2.24, 2.45) is 11.8 Å². The summed E-state index contributed by atoms with van der Waals surface area (Å²) in [6, 6.07) is 17.0. The van der Waals surface area contributed by atoms with Gasteiger partial charge in [-0.2, -0.15) is 0 Å². The Kier molecular flexibility index (Phi) is 16.9. The zero-order valence-corrected chi connectivity index (χ0v) is 44.9. The summed E-state index contributed by atoms with van der Waals surface area (Å²) in [7, 11) is 5.86. The van der Waals surface area contributed by atoms with E-state index >= 15 is 0 Å². The number of likely N-dealkylation sites (tertiary alicyclic amines) is 1. The van der Waals surface area contributed by atoms with Gasteiger partial charge in [0.1, 0.15) is 17.4 Å². The zero-order chi connectivity index (χ0) is 51.3. The molecule has 5 amide bonds. The molecule has 18 heteroatoms. The van der Waals surface area contributed by atoms with Crippen LogP contribution in [0.15, 0.2) is 60.0 Å². The van der Waals surface area contributed by atoms with E-state index in [1.807, 2.05) is 30.0 Å². The first kappa shape index (κ1) is 52.5. The maximum Gasteiger partial charge on any atom is 0.328 e. The number of nitrogens with zero attached hydrogens (tertiary/aromatic N) is 7. The normalized spacial score (nSPS) is 19.6. The minimum Gasteiger partial charge on any atom is -0.496 e. The minimum atomic E-state index is -0.540. The molecule has 1 saturated carbocycles. The molecule has 73 heavy (non-hydrogen) atoms. The van der Waals surface area contributed by atoms with Crippen LogP contribution in [0.2, 0.25) is 10.0 Å². The maximum absolute atomic E-state index is 13.9. The molecule has 3 saturated heterocycles. The Morgan fingerprint density at radius 2 is 1.67 bits per heavy atom. The number of halogens is 2. The molecule has 9 rings (SSSR count). The Bertz CT molecular complexity index is 2820. The number of nitrogens with one attached hydrogen (secondary N) is 2. The molecule has 1 aliphatic carbocycles. The van der Waals surface area contributed by atoms with E-state index in [9.17, 15) is 19.2 Å². The predicted molar refractivity (Wildman–Crippen MR) is 289 cm³/mol. The molecule has 1 atom stereocenters. The van der Waals surface area contributed by atoms with E-state index in [4.69, 9.17) is 42.6 Å². The van der Waals surface area contributed by atoms with Gasteiger partial charge in [-0.05, 0) is 137 Å². The Morgan fingerprint density at radius 3 is 2.40 bits per heavy atom. The van der Waals surface area contributed by atoms with E-state index in [1.165, 1.54) is 15.3 Å². The largest absolute Gasteiger partial charge is 0.496 e. The molecule has 388 valence electrons. The van der Waals surface area contributed by atoms with E-state index in [0.717, 1.165) is 122 Å². The Balaban J connectivity index is 0.720. The quantitative estimate of drug-likeness (QED) is 0.0909. The first-order chi connectivity index (χ1) is 35.2. The number of piperazine rings is 1. The van der Waals surface area contributed by atoms with Crippen molar-refractivity contribution in [3.05, 3.63) is 97.4 Å². The summed E-state index contributed by atoms with van der Waals surface area (Å²) in [5, 5.41) is 10.3. The monoisotopic (exact) mass is 1050 g/mol. The van der Waals surface area contributed by atoms with Crippen LogP contribution >= 0.6 is 34.5 Å². The van der Waals surface area contributed by atoms with E-state index in [1.54, 1.807) is 36.6 Å². The number of aromatic nitrogens is 2. The second-order valence-corrected chi connectivity index (χ2v) is 22.1. The van der Waals surface area contributed by atoms with Crippen molar-refractivity contribution in [3.8, 4) is 16.9 Å². The molecule has 0 bridgehead atoms. The molecule has 2 aromatic heterocycles. The molecule has 3 aliphatic heterocycles. The van der Waals surface area contributed by atoms with Crippen LogP contribution in [0.1, 0.15) is 96.0 Å². The average molecular weight is 1050 g/mol. The number of hydrogen-bond donors (Lipinski definition) is 2. The fourth-order valence-electron chi connectivity index (χ4n) is 10.9. The van der Waals surface area contributed by atoms with Crippen molar-refractivity contribution in [2.45, 2.75) is 77.3 Å². The van der Waals surface area contributed by atoms with Crippen LogP contribution in [0.25, 0.3) is 22.0 Å². The third-order valence-electron chi connectivity index (χ3n) is 15.0. The molecular weight excluding hydrogens is 986 g/mol. The Morgan fingerprint density at radius 1 is 0.904 bits per heavy atom. The Hall–Kier alpha value is -5.36. The molecule has 0 spiro atoms. The summed E-state index contributed by atoms with van der Waals surface area (Å²) in [4.78, 5) is 72.3. The molecule has 15 nitrogen and oxygen atoms in total. The SMILES string of the molecule is COc1cc2nc(C)nc(N[C@H](C)c3cc(-c4c(Cl)cccc4CN(C)C)cs3)c2cc1C1CCC(C(=O)N2CCN(CCOCC3CCN(C(=O)c4ccc(Cl)c(N5CCC(=O)NC5=O)c4)CC3)CC2)CC1. The van der Waals surface area contributed by atoms with E-state index in [-0.39, 0.29) is 48.6 Å². The number of anilines is 2. The fourth-order valence-corrected chi connectivity index (χ4v) is 12.4. The lowest BCUT2D eigenvalue weighted by atomic mass is 9.77. The summed E-state index contributed by atoms with van der Waals surface area (Å²) >= 11 is 14.9. The number of aryl methyl sites for hydroxylation is 1. The van der Waals surface area contributed by atoms with Gasteiger partial charge in [0.15, 0.2) is 0 Å². The molecule has 3 aromatic carbocycles. The predicted octanol–water partition coefficient (Wildman–Crippen LogP) is 9.65. The number of ether oxygens (including phenoxy) is 2. The van der Waals surface area contributed by atoms with Crippen molar-refractivity contribution in [1.82, 2.24) is 34.9 Å². The van der Waals surface area contributed by atoms with Gasteiger partial charge in [0.2, 0.25) is 11.8 Å². The lowest BCUT2D eigenvalue weighted by Gasteiger charge is -2.38. The number of hydrogen-bond acceptors (Lipinski definition) is 12. The number of imide groups is 1. The van der Waals surface area contributed by atoms with Gasteiger partial charge in [0.25, 0.3) is 5.91 Å². The lowest BCUT2D eigenvalue weighted by Crippen LogP contribution is -2.51. The molecule has 4 fully saturated rings. The van der Waals surface area contributed by atoms with Crippen LogP contribution in [0, 0.1) is 18.8 Å². The first-order valence-electron chi connectivity index (χ1n) is 25.7. The molecule has 5 heterocycles. The molecule has 2 N–H and O–H groups in total. The van der Waals surface area contributed by atoms with Gasteiger partial charge in [-0.25, -0.2) is 14.8 Å². The van der Waals surface area contributed by atoms with Gasteiger partial charge in [-0.3, -0.25) is 29.5 Å². The van der Waals surface area contributed by atoms with Gasteiger partial charge in [-0.15, -0.1) is 11.3 Å². The number of thiophene rings is 1. The molecule has 0 radical (unpaired) electrons. The number of fused-ring (bicyclic) bond motifs is 1. The van der Waals surface area contributed by atoms with Gasteiger partial charge in [-0.1, -0.05) is 35.3 Å². The van der Waals surface area contributed by atoms with E-state index < -0.39 is 6.03 Å². The van der Waals surface area contributed by atoms with Gasteiger partial charge in [0, 0.05) is 110 Å². The topological polar surface area (TPSA) is 153 Å². The van der Waals surface area contributed by atoms with E-state index in [2.05, 4.69) is 69.9 Å². The highest BCUT2D eigenvalue weighted by atomic mass is 35.5. The third-order valence-corrected chi connectivity index (χ3v) is 16.7. The first-order valence-corrected chi connectivity index (χ1v) is 27.3. The standard InChI is InChI=1S/C55H67Cl2N9O6S/c1-34(49-28-41(33-73-49)51-40(31-62(3)4)7-6-8-45(51)57)58-52-43-29-42(48(71-5)30-46(43)59-35(2)60-52)37-9-11-38(12-10-37)53(68)65-23-21-63(22-24-65)25-26-72-32-36-15-18-64(19-16-36)54(69)39-13-14-44(56)47(27-39)66-20-17-50(67)61-55(66)70/h6-8,13-14,27-30,33-34,36-38H,9-12,15-26,31-32H2,1-5H3,(H,58,59,60)(H,61,67,70)/t34-,37?,38?/m1/s1. The number of carbonyl (C=O) groups excluding carboxylic acids is 4. The average Bonchev–Trinajstić information content (AvgIpc) is 3.88. The summed E-state index contributed by atoms with van der Waals surface area (Å²) < 4.78 is 12.2. The molecule has 5 aromatic rings. The second kappa shape index (κ2) is 23.5. The van der Waals surface area contributed by atoms with Gasteiger partial charge < -0.3 is 29.5 Å². The summed E-state index contributed by atoms with van der Waals surface area (Å²) in [5.74, 6) is 2.78. The van der Waals surface area contributed by atoms with Crippen molar-refractivity contribution in [2.75, 3.05) is 97.0 Å². The summed E-state index contributed by atoms with van der Waals surface area (Å²) in [6.07, 6.45) is 5.34. The maximum atomic E-state index is 13.9. The zero-order valence-electron chi connectivity index (χ0n) is 42.6. The van der Waals surface area contributed by atoms with Crippen molar-refractivity contribution in [1.29, 1.82) is 0 Å². The summed E-state index contributed by atoms with van der Waals surface area (Å²) in [5.41, 5.74) is 6.24. The van der Waals surface area contributed by atoms with Crippen LogP contribution in [-0.4, -0.2) is 140 Å². The van der Waals surface area contributed by atoms with Gasteiger partial charge >= 0.3 is 6.03 Å². The van der Waals surface area contributed by atoms with E-state index in [0.29, 0.717) is 54.3 Å². The summed E-state index contributed by atoms with van der Waals surface area (Å²) in [6.45, 7) is 11.5. The van der Waals surface area contributed by atoms with Crippen LogP contribution < -0.4 is 20.3 Å². The highest BCUT2D eigenvalue weighted by Gasteiger charge is 2.34. The lowest BCUT2D eigenvalue weighted by molar-refractivity contribution is -0.138. The van der Waals surface area contributed by atoms with Crippen molar-refractivity contribution in [3.63, 3.8) is 0 Å². The number of amides is 5. The number of piperidine rings is 1. The number of urea groups is 1. The van der Waals surface area contributed by atoms with Crippen molar-refractivity contribution >= 4 is 80.7 Å². The molecule has 0 unspecified atom stereocenters. The molecule has 4 aliphatic rings. The number of methoxy groups -OCH3 is 1. The second-order valence-electron chi connectivity index (χ2n) is 20.3. The third kappa shape index (κ3) is 12.3. The van der Waals surface area contributed by atoms with Crippen LogP contribution in [0.3, 0.4) is 0 Å². The Labute approximate surface area is 442 Å². The fraction of sp³-hybridized carbons (Fsp3) is 0.491. The smallest absolute Gasteiger partial charge is 0.328 e. The van der Waals surface area contributed by atoms with Crippen molar-refractivity contribution < 1.29 is 28.7 Å². The highest BCUT2D eigenvalue weighted by molar-refractivity contribution is 7.10. The van der Waals surface area contributed by atoms with Crippen LogP contribution in [0.5, 0.6) is 5.75 Å². The minimum absolute atomic E-state index is 0.0169. The van der Waals surface area contributed by atoms with Crippen LogP contribution in [-0.2, 0) is 20.9 Å². The number of rotatable bonds is 16. The highest BCUT2D eigenvalue weighted by Crippen LogP contribution is 2.43. The number of carbonyl (C=O) groups is 4. The number of benzene rings is 3. The van der Waals surface area contributed by atoms with Gasteiger partial charge in [0.05, 0.1) is 36.0 Å². The molecular formula is C55H67Cl2N9O6S. The van der Waals surface area contributed by atoms with Crippen LogP contribution in [0.4, 0.5) is 16.3 Å².